The topological polar surface area (TPSA) is 73.7 Å². The highest BCUT2D eigenvalue weighted by atomic mass is 19.4. The molecule has 2 fully saturated rings. The second-order valence-corrected chi connectivity index (χ2v) is 7.86. The summed E-state index contributed by atoms with van der Waals surface area (Å²) >= 11 is 0. The Morgan fingerprint density at radius 2 is 1.72 bits per heavy atom. The Morgan fingerprint density at radius 1 is 1.06 bits per heavy atom. The number of benzene rings is 1. The van der Waals surface area contributed by atoms with E-state index in [1.165, 1.54) is 12.1 Å². The maximum Gasteiger partial charge on any atom is 0.490 e. The molecule has 1 aromatic heterocycles. The molecule has 2 aliphatic rings. The number of nitrogens with zero attached hydrogens (tertiary/aromatic N) is 3. The molecule has 0 atom stereocenters. The van der Waals surface area contributed by atoms with E-state index in [4.69, 9.17) is 9.90 Å². The molecule has 0 saturated carbocycles. The Balaban J connectivity index is 0.000000360. The number of amides is 1. The number of anilines is 1. The maximum absolute atomic E-state index is 13.4. The number of hydrogen-bond acceptors (Lipinski definition) is 4. The average Bonchev–Trinajstić information content (AvgIpc) is 3.04. The van der Waals surface area contributed by atoms with Crippen LogP contribution in [0.4, 0.5) is 23.4 Å². The summed E-state index contributed by atoms with van der Waals surface area (Å²) in [4.78, 5) is 30.5. The molecule has 2 aromatic rings. The van der Waals surface area contributed by atoms with Gasteiger partial charge in [0.2, 0.25) is 5.91 Å². The lowest BCUT2D eigenvalue weighted by Gasteiger charge is -2.38. The second kappa shape index (κ2) is 9.54. The van der Waals surface area contributed by atoms with Crippen molar-refractivity contribution >= 4 is 17.7 Å². The highest BCUT2D eigenvalue weighted by molar-refractivity contribution is 5.85. The first kappa shape index (κ1) is 23.5. The van der Waals surface area contributed by atoms with Gasteiger partial charge in [0.05, 0.1) is 5.41 Å². The Labute approximate surface area is 182 Å². The van der Waals surface area contributed by atoms with Crippen molar-refractivity contribution in [3.63, 3.8) is 0 Å². The quantitative estimate of drug-likeness (QED) is 0.715. The number of carbonyl (C=O) groups excluding carboxylic acids is 1. The van der Waals surface area contributed by atoms with Gasteiger partial charge in [0.15, 0.2) is 0 Å². The Hall–Kier alpha value is -3.17. The van der Waals surface area contributed by atoms with E-state index in [0.29, 0.717) is 6.54 Å². The Kier molecular flexibility index (Phi) is 7.00. The van der Waals surface area contributed by atoms with Crippen molar-refractivity contribution in [2.75, 3.05) is 24.5 Å². The van der Waals surface area contributed by atoms with Gasteiger partial charge < -0.3 is 14.9 Å². The third kappa shape index (κ3) is 5.54. The smallest absolute Gasteiger partial charge is 0.475 e. The fourth-order valence-corrected chi connectivity index (χ4v) is 4.07. The van der Waals surface area contributed by atoms with Gasteiger partial charge in [0, 0.05) is 32.4 Å². The molecule has 1 aromatic carbocycles. The van der Waals surface area contributed by atoms with Crippen LogP contribution in [0.5, 0.6) is 0 Å². The van der Waals surface area contributed by atoms with Gasteiger partial charge in [-0.1, -0.05) is 18.2 Å². The van der Waals surface area contributed by atoms with Crippen LogP contribution >= 0.6 is 0 Å². The van der Waals surface area contributed by atoms with Crippen LogP contribution < -0.4 is 4.90 Å². The number of pyridine rings is 1. The lowest BCUT2D eigenvalue weighted by atomic mass is 9.77. The van der Waals surface area contributed by atoms with Crippen molar-refractivity contribution in [2.45, 2.75) is 32.0 Å². The highest BCUT2D eigenvalue weighted by Crippen LogP contribution is 2.42. The second-order valence-electron chi connectivity index (χ2n) is 7.86. The van der Waals surface area contributed by atoms with E-state index in [1.54, 1.807) is 12.3 Å². The van der Waals surface area contributed by atoms with Crippen LogP contribution in [-0.4, -0.2) is 52.7 Å². The summed E-state index contributed by atoms with van der Waals surface area (Å²) in [6.07, 6.45) is -0.650. The number of likely N-dealkylation sites (tertiary alicyclic amines) is 1. The van der Waals surface area contributed by atoms with Gasteiger partial charge in [-0.25, -0.2) is 14.2 Å². The number of alkyl halides is 3. The van der Waals surface area contributed by atoms with Crippen LogP contribution in [0, 0.1) is 11.2 Å². The number of carbonyl (C=O) groups is 2. The van der Waals surface area contributed by atoms with Gasteiger partial charge in [-0.2, -0.15) is 13.2 Å². The van der Waals surface area contributed by atoms with Gasteiger partial charge in [-0.3, -0.25) is 4.79 Å². The molecule has 0 unspecified atom stereocenters. The first-order valence-corrected chi connectivity index (χ1v) is 10.1. The molecule has 4 rings (SSSR count). The Morgan fingerprint density at radius 3 is 2.28 bits per heavy atom. The van der Waals surface area contributed by atoms with E-state index >= 15 is 0 Å². The van der Waals surface area contributed by atoms with Crippen molar-refractivity contribution < 1.29 is 32.3 Å². The minimum absolute atomic E-state index is 0.234. The number of aliphatic carboxylic acids is 1. The molecule has 10 heteroatoms. The normalized spacial score (nSPS) is 17.8. The van der Waals surface area contributed by atoms with Gasteiger partial charge in [0.1, 0.15) is 11.6 Å². The highest BCUT2D eigenvalue weighted by Gasteiger charge is 2.48. The first-order valence-electron chi connectivity index (χ1n) is 10.1. The number of carboxylic acids is 1. The molecule has 3 heterocycles. The minimum atomic E-state index is -5.08. The lowest BCUT2D eigenvalue weighted by molar-refractivity contribution is -0.192. The van der Waals surface area contributed by atoms with E-state index in [0.717, 1.165) is 50.3 Å². The fraction of sp³-hybridized carbons (Fsp3) is 0.409. The van der Waals surface area contributed by atoms with Crippen molar-refractivity contribution in [1.82, 2.24) is 9.88 Å². The van der Waals surface area contributed by atoms with E-state index in [9.17, 15) is 22.4 Å². The summed E-state index contributed by atoms with van der Waals surface area (Å²) in [6, 6.07) is 12.5. The van der Waals surface area contributed by atoms with Crippen LogP contribution in [0.15, 0.2) is 48.7 Å². The number of rotatable bonds is 3. The molecule has 0 bridgehead atoms. The third-order valence-electron chi connectivity index (χ3n) is 5.80. The van der Waals surface area contributed by atoms with E-state index in [-0.39, 0.29) is 17.1 Å². The zero-order chi connectivity index (χ0) is 23.4. The van der Waals surface area contributed by atoms with E-state index in [2.05, 4.69) is 9.88 Å². The van der Waals surface area contributed by atoms with Crippen molar-refractivity contribution in [1.29, 1.82) is 0 Å². The summed E-state index contributed by atoms with van der Waals surface area (Å²) in [5, 5.41) is 7.12. The number of carboxylic acid groups (broad SMARTS) is 1. The van der Waals surface area contributed by atoms with Crippen molar-refractivity contribution in [3.8, 4) is 0 Å². The molecule has 0 radical (unpaired) electrons. The number of hydrogen-bond donors (Lipinski definition) is 1. The zero-order valence-electron chi connectivity index (χ0n) is 17.2. The molecule has 2 aliphatic heterocycles. The van der Waals surface area contributed by atoms with Crippen molar-refractivity contribution in [3.05, 3.63) is 60.0 Å². The summed E-state index contributed by atoms with van der Waals surface area (Å²) < 4.78 is 45.1. The monoisotopic (exact) mass is 453 g/mol. The predicted molar refractivity (Wildman–Crippen MR) is 108 cm³/mol. The molecule has 32 heavy (non-hydrogen) atoms. The summed E-state index contributed by atoms with van der Waals surface area (Å²) in [5.41, 5.74) is 0.620. The molecular weight excluding hydrogens is 430 g/mol. The first-order chi connectivity index (χ1) is 15.1. The third-order valence-corrected chi connectivity index (χ3v) is 5.80. The summed E-state index contributed by atoms with van der Waals surface area (Å²) in [7, 11) is 0. The molecular formula is C22H23F4N3O3. The minimum Gasteiger partial charge on any atom is -0.475 e. The van der Waals surface area contributed by atoms with Gasteiger partial charge in [0.25, 0.3) is 0 Å². The summed E-state index contributed by atoms with van der Waals surface area (Å²) in [5.74, 6) is -1.79. The Bertz CT molecular complexity index is 945. The van der Waals surface area contributed by atoms with Gasteiger partial charge in [-0.15, -0.1) is 0 Å². The van der Waals surface area contributed by atoms with Crippen LogP contribution in [-0.2, 0) is 16.1 Å². The molecule has 172 valence electrons. The molecule has 2 saturated heterocycles. The van der Waals surface area contributed by atoms with Gasteiger partial charge in [-0.05, 0) is 49.1 Å². The van der Waals surface area contributed by atoms with Crippen LogP contribution in [0.1, 0.15) is 24.8 Å². The largest absolute Gasteiger partial charge is 0.490 e. The fourth-order valence-electron chi connectivity index (χ4n) is 4.07. The zero-order valence-corrected chi connectivity index (χ0v) is 17.2. The molecule has 1 spiro atoms. The molecule has 1 N–H and O–H groups in total. The summed E-state index contributed by atoms with van der Waals surface area (Å²) in [6.45, 7) is 2.98. The molecule has 0 aliphatic carbocycles. The molecule has 1 amide bonds. The molecule has 6 nitrogen and oxygen atoms in total. The van der Waals surface area contributed by atoms with Crippen molar-refractivity contribution in [2.24, 2.45) is 5.41 Å². The number of piperidine rings is 1. The SMILES string of the molecule is O=C(O)C(F)(F)F.O=C1N(Cc2cccc(F)c2)CCC12CCN(c1ccccn1)CC2. The van der Waals surface area contributed by atoms with Crippen LogP contribution in [0.3, 0.4) is 0 Å². The number of halogens is 4. The standard InChI is InChI=1S/C20H22FN3O.C2HF3O2/c21-17-5-3-4-16(14-17)15-24-13-9-20(19(24)25)7-11-23(12-8-20)18-6-1-2-10-22-18;3-2(4,5)1(6)7/h1-6,10,14H,7-9,11-13,15H2;(H,6,7). The van der Waals surface area contributed by atoms with Gasteiger partial charge >= 0.3 is 12.1 Å². The lowest BCUT2D eigenvalue weighted by Crippen LogP contribution is -2.44. The van der Waals surface area contributed by atoms with E-state index in [1.807, 2.05) is 29.2 Å². The maximum atomic E-state index is 13.4. The van der Waals surface area contributed by atoms with E-state index < -0.39 is 12.1 Å². The van der Waals surface area contributed by atoms with Crippen LogP contribution in [0.2, 0.25) is 0 Å². The van der Waals surface area contributed by atoms with Crippen LogP contribution in [0.25, 0.3) is 0 Å². The average molecular weight is 453 g/mol. The number of aromatic nitrogens is 1. The predicted octanol–water partition coefficient (Wildman–Crippen LogP) is 3.87.